The molecule has 0 bridgehead atoms. The van der Waals surface area contributed by atoms with E-state index in [1.54, 1.807) is 19.1 Å². The summed E-state index contributed by atoms with van der Waals surface area (Å²) in [7, 11) is 0. The number of hydrogen-bond acceptors (Lipinski definition) is 5. The Bertz CT molecular complexity index is 1090. The third kappa shape index (κ3) is 4.70. The van der Waals surface area contributed by atoms with E-state index in [0.717, 1.165) is 12.1 Å². The highest BCUT2D eigenvalue weighted by atomic mass is 35.5. The number of nitriles is 1. The maximum Gasteiger partial charge on any atom is 0.416 e. The molecule has 148 valence electrons. The maximum atomic E-state index is 13.0. The van der Waals surface area contributed by atoms with Gasteiger partial charge in [0.05, 0.1) is 17.2 Å². The van der Waals surface area contributed by atoms with E-state index in [9.17, 15) is 13.2 Å². The van der Waals surface area contributed by atoms with Gasteiger partial charge < -0.3 is 5.32 Å². The number of alkyl halides is 3. The molecule has 1 atom stereocenters. The molecular formula is C18H12ClF3N6S. The number of nitrogens with one attached hydrogen (secondary N) is 1. The molecule has 0 aliphatic heterocycles. The van der Waals surface area contributed by atoms with Crippen LogP contribution in [-0.4, -0.2) is 24.7 Å². The minimum atomic E-state index is -4.54. The Balaban J connectivity index is 1.84. The molecule has 11 heteroatoms. The first-order chi connectivity index (χ1) is 13.7. The van der Waals surface area contributed by atoms with Gasteiger partial charge in [0.2, 0.25) is 0 Å². The van der Waals surface area contributed by atoms with Gasteiger partial charge in [0.25, 0.3) is 0 Å². The monoisotopic (exact) mass is 436 g/mol. The summed E-state index contributed by atoms with van der Waals surface area (Å²) in [4.78, 5) is 8.41. The van der Waals surface area contributed by atoms with Crippen LogP contribution in [0, 0.1) is 11.3 Å². The van der Waals surface area contributed by atoms with Crippen LogP contribution >= 0.6 is 23.8 Å². The highest BCUT2D eigenvalue weighted by Crippen LogP contribution is 2.32. The summed E-state index contributed by atoms with van der Waals surface area (Å²) >= 11 is 11.1. The smallest absolute Gasteiger partial charge is 0.366 e. The summed E-state index contributed by atoms with van der Waals surface area (Å²) in [5.41, 5.74) is -0.361. The summed E-state index contributed by atoms with van der Waals surface area (Å²) in [5, 5.41) is 15.8. The van der Waals surface area contributed by atoms with Crippen LogP contribution in [0.5, 0.6) is 0 Å². The summed E-state index contributed by atoms with van der Waals surface area (Å²) in [6.45, 7) is 1.73. The van der Waals surface area contributed by atoms with Crippen LogP contribution in [-0.2, 0) is 6.18 Å². The fourth-order valence-electron chi connectivity index (χ4n) is 2.53. The second kappa shape index (κ2) is 8.14. The molecule has 0 aliphatic rings. The molecule has 2 aromatic heterocycles. The number of aromatic nitrogens is 4. The molecule has 3 aromatic rings. The van der Waals surface area contributed by atoms with Gasteiger partial charge in [-0.05, 0) is 37.3 Å². The number of halogens is 4. The average Bonchev–Trinajstić information content (AvgIpc) is 3.17. The van der Waals surface area contributed by atoms with Gasteiger partial charge in [-0.2, -0.15) is 28.2 Å². The number of rotatable bonds is 4. The van der Waals surface area contributed by atoms with Gasteiger partial charge in [-0.25, -0.2) is 9.97 Å². The summed E-state index contributed by atoms with van der Waals surface area (Å²) < 4.78 is 40.5. The van der Waals surface area contributed by atoms with Gasteiger partial charge >= 0.3 is 6.18 Å². The van der Waals surface area contributed by atoms with Crippen LogP contribution in [0.15, 0.2) is 42.9 Å². The minimum Gasteiger partial charge on any atom is -0.366 e. The lowest BCUT2D eigenvalue weighted by atomic mass is 10.1. The lowest BCUT2D eigenvalue weighted by Crippen LogP contribution is -2.28. The van der Waals surface area contributed by atoms with E-state index in [4.69, 9.17) is 29.1 Å². The van der Waals surface area contributed by atoms with E-state index in [1.807, 2.05) is 6.07 Å². The van der Waals surface area contributed by atoms with Crippen LogP contribution in [0.1, 0.15) is 35.5 Å². The van der Waals surface area contributed by atoms with Crippen molar-refractivity contribution in [2.24, 2.45) is 0 Å². The third-order valence-corrected chi connectivity index (χ3v) is 4.46. The second-order valence-corrected chi connectivity index (χ2v) is 6.81. The molecule has 3 rings (SSSR count). The Morgan fingerprint density at radius 1 is 1.28 bits per heavy atom. The van der Waals surface area contributed by atoms with Crippen molar-refractivity contribution < 1.29 is 13.2 Å². The first-order valence-corrected chi connectivity index (χ1v) is 8.93. The topological polar surface area (TPSA) is 79.4 Å². The van der Waals surface area contributed by atoms with Crippen LogP contribution in [0.25, 0.3) is 5.82 Å². The van der Waals surface area contributed by atoms with E-state index in [1.165, 1.54) is 23.3 Å². The molecule has 0 radical (unpaired) electrons. The fraction of sp³-hybridized carbons (Fsp3) is 0.167. The number of thiocarbonyl (C=S) groups is 1. The predicted molar refractivity (Wildman–Crippen MR) is 104 cm³/mol. The van der Waals surface area contributed by atoms with E-state index in [2.05, 4.69) is 20.4 Å². The van der Waals surface area contributed by atoms with Crippen molar-refractivity contribution in [3.63, 3.8) is 0 Å². The zero-order valence-electron chi connectivity index (χ0n) is 14.8. The highest BCUT2D eigenvalue weighted by molar-refractivity contribution is 7.80. The Kier molecular flexibility index (Phi) is 5.81. The second-order valence-electron chi connectivity index (χ2n) is 5.97. The van der Waals surface area contributed by atoms with Gasteiger partial charge in [0.15, 0.2) is 11.6 Å². The standard InChI is InChI=1S/C18H12ClF3N6S/c1-10(16-25-9-26-28(16)15-3-2-11(7-23)8-24-15)27-17(29)12-4-13(18(20,21)22)6-14(19)5-12/h2-6,8-10H,1H3,(H,27,29)/t10-/m0/s1. The molecule has 2 heterocycles. The van der Waals surface area contributed by atoms with Crippen molar-refractivity contribution in [1.82, 2.24) is 25.1 Å². The van der Waals surface area contributed by atoms with Gasteiger partial charge in [-0.15, -0.1) is 0 Å². The number of nitrogens with zero attached hydrogens (tertiary/aromatic N) is 5. The van der Waals surface area contributed by atoms with Crippen molar-refractivity contribution in [3.8, 4) is 11.9 Å². The molecule has 0 unspecified atom stereocenters. The van der Waals surface area contributed by atoms with Crippen LogP contribution in [0.3, 0.4) is 0 Å². The summed E-state index contributed by atoms with van der Waals surface area (Å²) in [6, 6.07) is 7.78. The van der Waals surface area contributed by atoms with Crippen LogP contribution in [0.2, 0.25) is 5.02 Å². The molecular weight excluding hydrogens is 425 g/mol. The van der Waals surface area contributed by atoms with E-state index in [0.29, 0.717) is 17.2 Å². The van der Waals surface area contributed by atoms with Crippen molar-refractivity contribution in [1.29, 1.82) is 5.26 Å². The Hall–Kier alpha value is -3.03. The van der Waals surface area contributed by atoms with Crippen LogP contribution in [0.4, 0.5) is 13.2 Å². The Labute approximate surface area is 174 Å². The molecule has 0 spiro atoms. The van der Waals surface area contributed by atoms with Crippen molar-refractivity contribution >= 4 is 28.8 Å². The van der Waals surface area contributed by atoms with Crippen molar-refractivity contribution in [3.05, 3.63) is 70.4 Å². The molecule has 6 nitrogen and oxygen atoms in total. The van der Waals surface area contributed by atoms with E-state index in [-0.39, 0.29) is 15.6 Å². The predicted octanol–water partition coefficient (Wildman–Crippen LogP) is 4.23. The minimum absolute atomic E-state index is 0.0726. The zero-order chi connectivity index (χ0) is 21.2. The molecule has 29 heavy (non-hydrogen) atoms. The largest absolute Gasteiger partial charge is 0.416 e. The van der Waals surface area contributed by atoms with Crippen molar-refractivity contribution in [2.45, 2.75) is 19.1 Å². The van der Waals surface area contributed by atoms with Crippen LogP contribution < -0.4 is 5.32 Å². The van der Waals surface area contributed by atoms with Gasteiger partial charge in [-0.1, -0.05) is 23.8 Å². The number of benzene rings is 1. The van der Waals surface area contributed by atoms with Crippen molar-refractivity contribution in [2.75, 3.05) is 0 Å². The van der Waals surface area contributed by atoms with Gasteiger partial charge in [0, 0.05) is 16.8 Å². The van der Waals surface area contributed by atoms with E-state index < -0.39 is 17.8 Å². The summed E-state index contributed by atoms with van der Waals surface area (Å²) in [5.74, 6) is 0.862. The first-order valence-electron chi connectivity index (χ1n) is 8.14. The SMILES string of the molecule is C[C@H](NC(=S)c1cc(Cl)cc(C(F)(F)F)c1)c1ncnn1-c1ccc(C#N)cn1. The van der Waals surface area contributed by atoms with Gasteiger partial charge in [0.1, 0.15) is 17.4 Å². The quantitative estimate of drug-likeness (QED) is 0.616. The molecule has 1 aromatic carbocycles. The zero-order valence-corrected chi connectivity index (χ0v) is 16.3. The van der Waals surface area contributed by atoms with Gasteiger partial charge in [-0.3, -0.25) is 0 Å². The molecule has 0 saturated heterocycles. The van der Waals surface area contributed by atoms with E-state index >= 15 is 0 Å². The summed E-state index contributed by atoms with van der Waals surface area (Å²) in [6.07, 6.45) is -1.83. The number of pyridine rings is 1. The first kappa shape index (κ1) is 20.7. The Morgan fingerprint density at radius 2 is 2.03 bits per heavy atom. The lowest BCUT2D eigenvalue weighted by Gasteiger charge is -2.17. The number of hydrogen-bond donors (Lipinski definition) is 1. The molecule has 0 saturated carbocycles. The molecule has 0 aliphatic carbocycles. The Morgan fingerprint density at radius 3 is 2.66 bits per heavy atom. The highest BCUT2D eigenvalue weighted by Gasteiger charge is 2.31. The lowest BCUT2D eigenvalue weighted by molar-refractivity contribution is -0.137. The third-order valence-electron chi connectivity index (χ3n) is 3.89. The fourth-order valence-corrected chi connectivity index (χ4v) is 3.06. The normalized spacial score (nSPS) is 12.3. The molecule has 0 amide bonds. The molecule has 0 fully saturated rings. The molecule has 1 N–H and O–H groups in total. The average molecular weight is 437 g/mol. The maximum absolute atomic E-state index is 13.0.